The minimum atomic E-state index is -0.0426. The lowest BCUT2D eigenvalue weighted by Gasteiger charge is -2.22. The zero-order chi connectivity index (χ0) is 11.0. The number of halogens is 1. The summed E-state index contributed by atoms with van der Waals surface area (Å²) < 4.78 is 11.3. The van der Waals surface area contributed by atoms with Crippen LogP contribution in [-0.2, 0) is 4.74 Å². The summed E-state index contributed by atoms with van der Waals surface area (Å²) in [4.78, 5) is 0. The normalized spacial score (nSPS) is 26.7. The average Bonchev–Trinajstić information content (AvgIpc) is 2.86. The zero-order valence-electron chi connectivity index (χ0n) is 8.86. The fourth-order valence-electron chi connectivity index (χ4n) is 2.23. The van der Waals surface area contributed by atoms with Crippen LogP contribution in [0, 0.1) is 5.92 Å². The molecule has 1 aromatic heterocycles. The smallest absolute Gasteiger partial charge is 0.234 e. The van der Waals surface area contributed by atoms with E-state index in [0.717, 1.165) is 32.5 Å². The molecule has 1 unspecified atom stereocenters. The van der Waals surface area contributed by atoms with Crippen molar-refractivity contribution in [2.24, 2.45) is 5.92 Å². The fourth-order valence-corrected chi connectivity index (χ4v) is 2.33. The second-order valence-electron chi connectivity index (χ2n) is 4.42. The third-order valence-electron chi connectivity index (χ3n) is 3.33. The van der Waals surface area contributed by atoms with Gasteiger partial charge in [-0.15, -0.1) is 10.2 Å². The van der Waals surface area contributed by atoms with E-state index < -0.39 is 0 Å². The number of nitrogens with zero attached hydrogens (tertiary/aromatic N) is 2. The summed E-state index contributed by atoms with van der Waals surface area (Å²) in [6.07, 6.45) is 3.26. The molecular formula is C11H13ClN2O2. The Labute approximate surface area is 98.9 Å². The summed E-state index contributed by atoms with van der Waals surface area (Å²) in [5.74, 6) is 1.07. The largest absolute Gasteiger partial charge is 0.470 e. The van der Waals surface area contributed by atoms with Crippen LogP contribution < -0.4 is 4.74 Å². The Morgan fingerprint density at radius 1 is 1.38 bits per heavy atom. The second kappa shape index (κ2) is 3.86. The van der Waals surface area contributed by atoms with E-state index in [1.54, 1.807) is 12.1 Å². The number of rotatable bonds is 3. The van der Waals surface area contributed by atoms with Gasteiger partial charge in [-0.05, 0) is 25.3 Å². The van der Waals surface area contributed by atoms with Crippen LogP contribution >= 0.6 is 11.6 Å². The number of hydrogen-bond acceptors (Lipinski definition) is 4. The van der Waals surface area contributed by atoms with Gasteiger partial charge in [-0.25, -0.2) is 0 Å². The molecule has 0 N–H and O–H groups in total. The van der Waals surface area contributed by atoms with Gasteiger partial charge >= 0.3 is 0 Å². The van der Waals surface area contributed by atoms with Gasteiger partial charge in [0.05, 0.1) is 6.61 Å². The van der Waals surface area contributed by atoms with E-state index in [1.807, 2.05) is 0 Å². The number of aromatic nitrogens is 2. The van der Waals surface area contributed by atoms with Crippen LogP contribution in [0.1, 0.15) is 19.3 Å². The van der Waals surface area contributed by atoms with Crippen molar-refractivity contribution in [2.75, 3.05) is 13.2 Å². The second-order valence-corrected chi connectivity index (χ2v) is 4.81. The molecular weight excluding hydrogens is 228 g/mol. The maximum absolute atomic E-state index is 5.94. The lowest BCUT2D eigenvalue weighted by molar-refractivity contribution is 0.0863. The first-order valence-electron chi connectivity index (χ1n) is 5.54. The SMILES string of the molecule is Clc1ccc(OC2(C3CCOC3)CC2)nn1. The molecule has 1 saturated carbocycles. The summed E-state index contributed by atoms with van der Waals surface area (Å²) in [6, 6.07) is 3.47. The van der Waals surface area contributed by atoms with Crippen LogP contribution in [0.25, 0.3) is 0 Å². The first kappa shape index (κ1) is 10.3. The monoisotopic (exact) mass is 240 g/mol. The van der Waals surface area contributed by atoms with Gasteiger partial charge in [0.2, 0.25) is 5.88 Å². The Hall–Kier alpha value is -0.870. The lowest BCUT2D eigenvalue weighted by Crippen LogP contribution is -2.29. The Kier molecular flexibility index (Phi) is 2.48. The van der Waals surface area contributed by atoms with Gasteiger partial charge in [-0.3, -0.25) is 0 Å². The van der Waals surface area contributed by atoms with E-state index in [1.165, 1.54) is 0 Å². The van der Waals surface area contributed by atoms with Crippen molar-refractivity contribution < 1.29 is 9.47 Å². The van der Waals surface area contributed by atoms with Crippen LogP contribution in [0.15, 0.2) is 12.1 Å². The topological polar surface area (TPSA) is 44.2 Å². The van der Waals surface area contributed by atoms with Gasteiger partial charge in [-0.2, -0.15) is 0 Å². The third-order valence-corrected chi connectivity index (χ3v) is 3.53. The van der Waals surface area contributed by atoms with Gasteiger partial charge in [0, 0.05) is 18.6 Å². The zero-order valence-corrected chi connectivity index (χ0v) is 9.61. The summed E-state index contributed by atoms with van der Waals surface area (Å²) in [5.41, 5.74) is -0.0426. The van der Waals surface area contributed by atoms with Gasteiger partial charge < -0.3 is 9.47 Å². The van der Waals surface area contributed by atoms with Crippen molar-refractivity contribution in [3.05, 3.63) is 17.3 Å². The summed E-state index contributed by atoms with van der Waals surface area (Å²) in [7, 11) is 0. The van der Waals surface area contributed by atoms with Crippen molar-refractivity contribution in [1.29, 1.82) is 0 Å². The maximum atomic E-state index is 5.94. The van der Waals surface area contributed by atoms with E-state index in [0.29, 0.717) is 17.0 Å². The first-order valence-corrected chi connectivity index (χ1v) is 5.92. The lowest BCUT2D eigenvalue weighted by atomic mass is 10.00. The van der Waals surface area contributed by atoms with Gasteiger partial charge in [-0.1, -0.05) is 11.6 Å². The van der Waals surface area contributed by atoms with Crippen molar-refractivity contribution in [3.63, 3.8) is 0 Å². The van der Waals surface area contributed by atoms with Gasteiger partial charge in [0.25, 0.3) is 0 Å². The van der Waals surface area contributed by atoms with E-state index in [9.17, 15) is 0 Å². The molecule has 0 aromatic carbocycles. The molecule has 2 aliphatic rings. The highest BCUT2D eigenvalue weighted by atomic mass is 35.5. The fraction of sp³-hybridized carbons (Fsp3) is 0.636. The predicted molar refractivity (Wildman–Crippen MR) is 58.6 cm³/mol. The van der Waals surface area contributed by atoms with Crippen molar-refractivity contribution in [1.82, 2.24) is 10.2 Å². The summed E-state index contributed by atoms with van der Waals surface area (Å²) >= 11 is 5.68. The molecule has 0 bridgehead atoms. The van der Waals surface area contributed by atoms with Crippen LogP contribution in [0.4, 0.5) is 0 Å². The van der Waals surface area contributed by atoms with Gasteiger partial charge in [0.15, 0.2) is 5.15 Å². The number of ether oxygens (including phenoxy) is 2. The standard InChI is InChI=1S/C11H13ClN2O2/c12-9-1-2-10(14-13-9)16-11(4-5-11)8-3-6-15-7-8/h1-2,8H,3-7H2. The minimum Gasteiger partial charge on any atom is -0.470 e. The quantitative estimate of drug-likeness (QED) is 0.812. The molecule has 1 aliphatic heterocycles. The van der Waals surface area contributed by atoms with E-state index in [2.05, 4.69) is 10.2 Å². The molecule has 1 aliphatic carbocycles. The molecule has 1 saturated heterocycles. The molecule has 5 heteroatoms. The molecule has 3 rings (SSSR count). The Balaban J connectivity index is 1.71. The Morgan fingerprint density at radius 3 is 2.81 bits per heavy atom. The Morgan fingerprint density at radius 2 is 2.25 bits per heavy atom. The average molecular weight is 241 g/mol. The van der Waals surface area contributed by atoms with E-state index in [4.69, 9.17) is 21.1 Å². The molecule has 0 amide bonds. The van der Waals surface area contributed by atoms with E-state index >= 15 is 0 Å². The Bertz CT molecular complexity index is 372. The molecule has 2 fully saturated rings. The van der Waals surface area contributed by atoms with Crippen LogP contribution in [0.3, 0.4) is 0 Å². The van der Waals surface area contributed by atoms with Gasteiger partial charge in [0.1, 0.15) is 5.60 Å². The molecule has 1 aromatic rings. The highest BCUT2D eigenvalue weighted by Gasteiger charge is 2.53. The molecule has 1 atom stereocenters. The third kappa shape index (κ3) is 1.87. The molecule has 0 spiro atoms. The van der Waals surface area contributed by atoms with Crippen LogP contribution in [-0.4, -0.2) is 29.0 Å². The van der Waals surface area contributed by atoms with Crippen molar-refractivity contribution >= 4 is 11.6 Å². The predicted octanol–water partition coefficient (Wildman–Crippen LogP) is 2.08. The first-order chi connectivity index (χ1) is 7.78. The molecule has 86 valence electrons. The molecule has 4 nitrogen and oxygen atoms in total. The summed E-state index contributed by atoms with van der Waals surface area (Å²) in [6.45, 7) is 1.66. The highest BCUT2D eigenvalue weighted by Crippen LogP contribution is 2.48. The highest BCUT2D eigenvalue weighted by molar-refractivity contribution is 6.29. The van der Waals surface area contributed by atoms with Crippen LogP contribution in [0.5, 0.6) is 5.88 Å². The number of hydrogen-bond donors (Lipinski definition) is 0. The minimum absolute atomic E-state index is 0.0426. The maximum Gasteiger partial charge on any atom is 0.234 e. The van der Waals surface area contributed by atoms with Crippen molar-refractivity contribution in [2.45, 2.75) is 24.9 Å². The molecule has 16 heavy (non-hydrogen) atoms. The summed E-state index contributed by atoms with van der Waals surface area (Å²) in [5, 5.41) is 8.10. The van der Waals surface area contributed by atoms with E-state index in [-0.39, 0.29) is 5.60 Å². The van der Waals surface area contributed by atoms with Crippen LogP contribution in [0.2, 0.25) is 5.15 Å². The molecule has 2 heterocycles. The van der Waals surface area contributed by atoms with Crippen molar-refractivity contribution in [3.8, 4) is 5.88 Å². The molecule has 0 radical (unpaired) electrons.